The first kappa shape index (κ1) is 14.5. The van der Waals surface area contributed by atoms with Crippen molar-refractivity contribution in [2.45, 2.75) is 13.0 Å². The molecule has 4 nitrogen and oxygen atoms in total. The number of hydrogen-bond acceptors (Lipinski definition) is 4. The summed E-state index contributed by atoms with van der Waals surface area (Å²) in [6, 6.07) is 3.06. The first-order valence-corrected chi connectivity index (χ1v) is 6.78. The molecule has 0 spiro atoms. The van der Waals surface area contributed by atoms with Gasteiger partial charge in [0.05, 0.1) is 5.69 Å². The van der Waals surface area contributed by atoms with Crippen LogP contribution >= 0.6 is 11.3 Å². The van der Waals surface area contributed by atoms with Crippen LogP contribution < -0.4 is 10.6 Å². The normalized spacial score (nSPS) is 12.2. The topological polar surface area (TPSA) is 54.0 Å². The minimum atomic E-state index is -1.05. The number of nitrogens with zero attached hydrogens (tertiary/aromatic N) is 1. The van der Waals surface area contributed by atoms with E-state index in [1.165, 1.54) is 17.4 Å². The summed E-state index contributed by atoms with van der Waals surface area (Å²) in [5.74, 6) is -2.57. The van der Waals surface area contributed by atoms with Crippen LogP contribution in [0.5, 0.6) is 0 Å². The molecule has 1 heterocycles. The van der Waals surface area contributed by atoms with Crippen LogP contribution in [0, 0.1) is 11.6 Å². The van der Waals surface area contributed by atoms with E-state index in [0.29, 0.717) is 5.13 Å². The van der Waals surface area contributed by atoms with Gasteiger partial charge >= 0.3 is 0 Å². The number of halogens is 2. The van der Waals surface area contributed by atoms with Crippen LogP contribution in [0.2, 0.25) is 0 Å². The van der Waals surface area contributed by atoms with E-state index in [1.807, 2.05) is 19.4 Å². The molecule has 1 aromatic heterocycles. The lowest BCUT2D eigenvalue weighted by Gasteiger charge is -2.05. The molecule has 20 heavy (non-hydrogen) atoms. The van der Waals surface area contributed by atoms with Gasteiger partial charge in [-0.2, -0.15) is 0 Å². The minimum Gasteiger partial charge on any atom is -0.312 e. The van der Waals surface area contributed by atoms with Crippen molar-refractivity contribution in [3.63, 3.8) is 0 Å². The van der Waals surface area contributed by atoms with Gasteiger partial charge in [-0.15, -0.1) is 11.3 Å². The Morgan fingerprint density at radius 2 is 2.10 bits per heavy atom. The molecule has 0 aliphatic carbocycles. The smallest absolute Gasteiger partial charge is 0.257 e. The maximum absolute atomic E-state index is 13.1. The Balaban J connectivity index is 2.11. The van der Waals surface area contributed by atoms with E-state index in [-0.39, 0.29) is 11.6 Å². The maximum Gasteiger partial charge on any atom is 0.257 e. The molecule has 1 unspecified atom stereocenters. The number of thiazole rings is 1. The lowest BCUT2D eigenvalue weighted by molar-refractivity contribution is 0.102. The van der Waals surface area contributed by atoms with E-state index >= 15 is 0 Å². The summed E-state index contributed by atoms with van der Waals surface area (Å²) < 4.78 is 25.9. The van der Waals surface area contributed by atoms with Crippen molar-refractivity contribution in [2.24, 2.45) is 0 Å². The van der Waals surface area contributed by atoms with E-state index in [2.05, 4.69) is 15.6 Å². The average Bonchev–Trinajstić information content (AvgIpc) is 2.89. The second kappa shape index (κ2) is 6.06. The lowest BCUT2D eigenvalue weighted by Crippen LogP contribution is -2.14. The fourth-order valence-electron chi connectivity index (χ4n) is 1.50. The molecular formula is C13H13F2N3OS. The Bertz CT molecular complexity index is 630. The molecule has 7 heteroatoms. The quantitative estimate of drug-likeness (QED) is 0.912. The van der Waals surface area contributed by atoms with E-state index < -0.39 is 17.5 Å². The summed E-state index contributed by atoms with van der Waals surface area (Å²) in [6.45, 7) is 1.94. The number of carbonyl (C=O) groups is 1. The molecule has 2 rings (SSSR count). The SMILES string of the molecule is CNC(C)c1csc(NC(=O)c2ccc(F)c(F)c2)n1. The number of amides is 1. The van der Waals surface area contributed by atoms with Crippen LogP contribution in [0.1, 0.15) is 29.0 Å². The highest BCUT2D eigenvalue weighted by atomic mass is 32.1. The van der Waals surface area contributed by atoms with Crippen LogP contribution in [-0.4, -0.2) is 17.9 Å². The Morgan fingerprint density at radius 3 is 2.75 bits per heavy atom. The number of rotatable bonds is 4. The highest BCUT2D eigenvalue weighted by Crippen LogP contribution is 2.21. The predicted octanol–water partition coefficient (Wildman–Crippen LogP) is 2.95. The molecule has 1 atom stereocenters. The Hall–Kier alpha value is -1.86. The number of nitrogens with one attached hydrogen (secondary N) is 2. The van der Waals surface area contributed by atoms with Crippen LogP contribution in [0.15, 0.2) is 23.6 Å². The molecule has 2 aromatic rings. The number of aromatic nitrogens is 1. The summed E-state index contributed by atoms with van der Waals surface area (Å²) in [5.41, 5.74) is 0.848. The minimum absolute atomic E-state index is 0.0438. The zero-order chi connectivity index (χ0) is 14.7. The van der Waals surface area contributed by atoms with Crippen LogP contribution in [0.3, 0.4) is 0 Å². The van der Waals surface area contributed by atoms with Crippen molar-refractivity contribution in [3.05, 3.63) is 46.5 Å². The van der Waals surface area contributed by atoms with Gasteiger partial charge in [-0.05, 0) is 32.2 Å². The molecule has 106 valence electrons. The van der Waals surface area contributed by atoms with Crippen molar-refractivity contribution in [2.75, 3.05) is 12.4 Å². The molecule has 0 bridgehead atoms. The Labute approximate surface area is 118 Å². The van der Waals surface area contributed by atoms with Gasteiger partial charge in [0.2, 0.25) is 0 Å². The second-order valence-electron chi connectivity index (χ2n) is 4.17. The molecule has 0 saturated heterocycles. The third kappa shape index (κ3) is 3.17. The zero-order valence-electron chi connectivity index (χ0n) is 10.9. The molecule has 0 aliphatic heterocycles. The van der Waals surface area contributed by atoms with Gasteiger partial charge in [-0.3, -0.25) is 10.1 Å². The van der Waals surface area contributed by atoms with E-state index in [4.69, 9.17) is 0 Å². The summed E-state index contributed by atoms with van der Waals surface area (Å²) >= 11 is 1.27. The van der Waals surface area contributed by atoms with E-state index in [9.17, 15) is 13.6 Å². The van der Waals surface area contributed by atoms with Crippen LogP contribution in [0.25, 0.3) is 0 Å². The van der Waals surface area contributed by atoms with Gasteiger partial charge in [-0.25, -0.2) is 13.8 Å². The number of benzene rings is 1. The van der Waals surface area contributed by atoms with Crippen molar-refractivity contribution in [1.82, 2.24) is 10.3 Å². The van der Waals surface area contributed by atoms with Gasteiger partial charge < -0.3 is 5.32 Å². The number of carbonyl (C=O) groups excluding carboxylic acids is 1. The monoisotopic (exact) mass is 297 g/mol. The fraction of sp³-hybridized carbons (Fsp3) is 0.231. The number of anilines is 1. The molecule has 0 saturated carbocycles. The Morgan fingerprint density at radius 1 is 1.35 bits per heavy atom. The third-order valence-electron chi connectivity index (χ3n) is 2.80. The highest BCUT2D eigenvalue weighted by Gasteiger charge is 2.13. The molecule has 0 fully saturated rings. The van der Waals surface area contributed by atoms with Gasteiger partial charge in [0.1, 0.15) is 0 Å². The van der Waals surface area contributed by atoms with E-state index in [0.717, 1.165) is 17.8 Å². The van der Waals surface area contributed by atoms with Crippen molar-refractivity contribution >= 4 is 22.4 Å². The van der Waals surface area contributed by atoms with Crippen molar-refractivity contribution < 1.29 is 13.6 Å². The third-order valence-corrected chi connectivity index (χ3v) is 3.58. The summed E-state index contributed by atoms with van der Waals surface area (Å²) in [7, 11) is 1.81. The number of hydrogen-bond donors (Lipinski definition) is 2. The lowest BCUT2D eigenvalue weighted by atomic mass is 10.2. The Kier molecular flexibility index (Phi) is 4.41. The molecule has 2 N–H and O–H groups in total. The fourth-order valence-corrected chi connectivity index (χ4v) is 2.30. The average molecular weight is 297 g/mol. The van der Waals surface area contributed by atoms with Gasteiger partial charge in [-0.1, -0.05) is 0 Å². The predicted molar refractivity (Wildman–Crippen MR) is 73.9 cm³/mol. The molecule has 0 aliphatic rings. The summed E-state index contributed by atoms with van der Waals surface area (Å²) in [6.07, 6.45) is 0. The summed E-state index contributed by atoms with van der Waals surface area (Å²) in [4.78, 5) is 16.1. The first-order valence-electron chi connectivity index (χ1n) is 5.90. The summed E-state index contributed by atoms with van der Waals surface area (Å²) in [5, 5.41) is 7.82. The van der Waals surface area contributed by atoms with Crippen molar-refractivity contribution in [3.8, 4) is 0 Å². The zero-order valence-corrected chi connectivity index (χ0v) is 11.7. The highest BCUT2D eigenvalue weighted by molar-refractivity contribution is 7.14. The largest absolute Gasteiger partial charge is 0.312 e. The van der Waals surface area contributed by atoms with E-state index in [1.54, 1.807) is 0 Å². The molecule has 0 radical (unpaired) electrons. The molecule has 1 aromatic carbocycles. The van der Waals surface area contributed by atoms with Crippen LogP contribution in [0.4, 0.5) is 13.9 Å². The first-order chi connectivity index (χ1) is 9.51. The molecule has 1 amide bonds. The second-order valence-corrected chi connectivity index (χ2v) is 5.03. The molecular weight excluding hydrogens is 284 g/mol. The van der Waals surface area contributed by atoms with Gasteiger partial charge in [0.25, 0.3) is 5.91 Å². The van der Waals surface area contributed by atoms with Gasteiger partial charge in [0, 0.05) is 17.0 Å². The van der Waals surface area contributed by atoms with Crippen molar-refractivity contribution in [1.29, 1.82) is 0 Å². The maximum atomic E-state index is 13.1. The van der Waals surface area contributed by atoms with Gasteiger partial charge in [0.15, 0.2) is 16.8 Å². The van der Waals surface area contributed by atoms with Crippen LogP contribution in [-0.2, 0) is 0 Å². The standard InChI is InChI=1S/C13H13F2N3OS/c1-7(16-2)11-6-20-13(17-11)18-12(19)8-3-4-9(14)10(15)5-8/h3-7,16H,1-2H3,(H,17,18,19).